The van der Waals surface area contributed by atoms with Crippen LogP contribution in [0.1, 0.15) is 25.3 Å². The molecule has 0 spiro atoms. The monoisotopic (exact) mass is 336 g/mol. The summed E-state index contributed by atoms with van der Waals surface area (Å²) in [5.41, 5.74) is 2.09. The smallest absolute Gasteiger partial charge is 0.236 e. The van der Waals surface area contributed by atoms with Crippen LogP contribution in [0, 0.1) is 28.6 Å². The molecule has 0 aliphatic carbocycles. The second-order valence-electron chi connectivity index (χ2n) is 6.49. The molecular weight excluding hydrogens is 316 g/mol. The maximum absolute atomic E-state index is 12.1. The maximum Gasteiger partial charge on any atom is 0.236 e. The molecule has 3 rings (SSSR count). The van der Waals surface area contributed by atoms with Crippen molar-refractivity contribution in [2.45, 2.75) is 25.8 Å². The van der Waals surface area contributed by atoms with E-state index in [-0.39, 0.29) is 18.4 Å². The lowest BCUT2D eigenvalue weighted by Gasteiger charge is -2.42. The zero-order valence-electron chi connectivity index (χ0n) is 14.4. The van der Waals surface area contributed by atoms with Crippen molar-refractivity contribution in [2.24, 2.45) is 5.92 Å². The van der Waals surface area contributed by atoms with Crippen molar-refractivity contribution in [3.8, 4) is 12.1 Å². The molecule has 2 aromatic rings. The number of H-pyrrole nitrogens is 1. The molecule has 1 aliphatic heterocycles. The third kappa shape index (κ3) is 3.01. The van der Waals surface area contributed by atoms with Crippen LogP contribution in [0.4, 0.5) is 5.69 Å². The molecule has 1 N–H and O–H groups in total. The SMILES string of the molecule is C[C@@H]1CCN(C(=O)CC#N)CC1N(C)c1c(C#N)cnc2[nH]ccc12. The molecule has 7 nitrogen and oxygen atoms in total. The van der Waals surface area contributed by atoms with Crippen LogP contribution < -0.4 is 4.90 Å². The number of fused-ring (bicyclic) bond motifs is 1. The maximum atomic E-state index is 12.1. The summed E-state index contributed by atoms with van der Waals surface area (Å²) in [4.78, 5) is 23.3. The number of likely N-dealkylation sites (tertiary alicyclic amines) is 1. The Bertz CT molecular complexity index is 874. The van der Waals surface area contributed by atoms with Crippen molar-refractivity contribution >= 4 is 22.6 Å². The molecule has 2 atom stereocenters. The van der Waals surface area contributed by atoms with Gasteiger partial charge in [0.1, 0.15) is 18.1 Å². The van der Waals surface area contributed by atoms with Gasteiger partial charge in [0, 0.05) is 44.0 Å². The van der Waals surface area contributed by atoms with Gasteiger partial charge in [0.25, 0.3) is 0 Å². The van der Waals surface area contributed by atoms with E-state index >= 15 is 0 Å². The highest BCUT2D eigenvalue weighted by atomic mass is 16.2. The summed E-state index contributed by atoms with van der Waals surface area (Å²) < 4.78 is 0. The number of nitriles is 2. The van der Waals surface area contributed by atoms with Crippen LogP contribution >= 0.6 is 0 Å². The highest BCUT2D eigenvalue weighted by Crippen LogP contribution is 2.33. The lowest BCUT2D eigenvalue weighted by atomic mass is 9.91. The van der Waals surface area contributed by atoms with E-state index in [1.807, 2.05) is 25.4 Å². The van der Waals surface area contributed by atoms with Crippen LogP contribution in [0.25, 0.3) is 11.0 Å². The number of nitrogens with one attached hydrogen (secondary N) is 1. The number of hydrogen-bond acceptors (Lipinski definition) is 5. The van der Waals surface area contributed by atoms with Crippen molar-refractivity contribution in [1.29, 1.82) is 10.5 Å². The van der Waals surface area contributed by atoms with E-state index in [0.29, 0.717) is 24.6 Å². The van der Waals surface area contributed by atoms with Crippen LogP contribution in [0.3, 0.4) is 0 Å². The van der Waals surface area contributed by atoms with Crippen molar-refractivity contribution in [3.63, 3.8) is 0 Å². The largest absolute Gasteiger partial charge is 0.368 e. The summed E-state index contributed by atoms with van der Waals surface area (Å²) in [6, 6.07) is 6.15. The number of carbonyl (C=O) groups is 1. The normalized spacial score (nSPS) is 20.1. The van der Waals surface area contributed by atoms with Crippen LogP contribution in [-0.2, 0) is 4.79 Å². The lowest BCUT2D eigenvalue weighted by Crippen LogP contribution is -2.52. The third-order valence-electron chi connectivity index (χ3n) is 5.03. The molecule has 0 radical (unpaired) electrons. The summed E-state index contributed by atoms with van der Waals surface area (Å²) in [5.74, 6) is 0.236. The van der Waals surface area contributed by atoms with Gasteiger partial charge in [0.05, 0.1) is 17.3 Å². The van der Waals surface area contributed by atoms with E-state index in [4.69, 9.17) is 5.26 Å². The van der Waals surface area contributed by atoms with E-state index in [1.54, 1.807) is 11.1 Å². The molecule has 0 saturated carbocycles. The minimum atomic E-state index is -0.130. The summed E-state index contributed by atoms with van der Waals surface area (Å²) >= 11 is 0. The predicted octanol–water partition coefficient (Wildman–Crippen LogP) is 2.02. The van der Waals surface area contributed by atoms with E-state index in [2.05, 4.69) is 27.9 Å². The molecule has 7 heteroatoms. The van der Waals surface area contributed by atoms with Gasteiger partial charge in [-0.15, -0.1) is 0 Å². The summed E-state index contributed by atoms with van der Waals surface area (Å²) in [6.45, 7) is 3.39. The van der Waals surface area contributed by atoms with Gasteiger partial charge in [-0.05, 0) is 18.4 Å². The number of piperidine rings is 1. The number of likely N-dealkylation sites (N-methyl/N-ethyl adjacent to an activating group) is 1. The molecule has 0 bridgehead atoms. The van der Waals surface area contributed by atoms with E-state index in [9.17, 15) is 10.1 Å². The first kappa shape index (κ1) is 16.8. The van der Waals surface area contributed by atoms with E-state index in [1.165, 1.54) is 0 Å². The number of rotatable bonds is 3. The van der Waals surface area contributed by atoms with E-state index < -0.39 is 0 Å². The molecule has 128 valence electrons. The second-order valence-corrected chi connectivity index (χ2v) is 6.49. The number of anilines is 1. The van der Waals surface area contributed by atoms with Gasteiger partial charge >= 0.3 is 0 Å². The fourth-order valence-corrected chi connectivity index (χ4v) is 3.58. The Labute approximate surface area is 146 Å². The van der Waals surface area contributed by atoms with Crippen LogP contribution in [-0.4, -0.2) is 47.0 Å². The van der Waals surface area contributed by atoms with Gasteiger partial charge in [-0.25, -0.2) is 4.98 Å². The fourth-order valence-electron chi connectivity index (χ4n) is 3.58. The first-order valence-electron chi connectivity index (χ1n) is 8.30. The van der Waals surface area contributed by atoms with Gasteiger partial charge < -0.3 is 14.8 Å². The van der Waals surface area contributed by atoms with Gasteiger partial charge in [-0.3, -0.25) is 4.79 Å². The summed E-state index contributed by atoms with van der Waals surface area (Å²) in [5, 5.41) is 19.2. The van der Waals surface area contributed by atoms with Gasteiger partial charge in [0.2, 0.25) is 5.91 Å². The molecule has 2 aromatic heterocycles. The highest BCUT2D eigenvalue weighted by Gasteiger charge is 2.33. The number of pyridine rings is 1. The Morgan fingerprint density at radius 3 is 3.04 bits per heavy atom. The lowest BCUT2D eigenvalue weighted by molar-refractivity contribution is -0.131. The first-order valence-corrected chi connectivity index (χ1v) is 8.30. The standard InChI is InChI=1S/C18H20N6O/c1-12-5-8-24(16(25)3-6-19)11-15(12)23(2)17-13(9-20)10-22-18-14(17)4-7-21-18/h4,7,10,12,15H,3,5,8,11H2,1-2H3,(H,21,22)/t12-,15?/m1/s1. The van der Waals surface area contributed by atoms with Crippen molar-refractivity contribution in [2.75, 3.05) is 25.0 Å². The molecule has 0 aromatic carbocycles. The number of aromatic nitrogens is 2. The number of hydrogen-bond donors (Lipinski definition) is 1. The molecule has 1 unspecified atom stereocenters. The zero-order valence-corrected chi connectivity index (χ0v) is 14.4. The highest BCUT2D eigenvalue weighted by molar-refractivity contribution is 5.93. The summed E-state index contributed by atoms with van der Waals surface area (Å²) in [7, 11) is 1.96. The number of nitrogens with zero attached hydrogens (tertiary/aromatic N) is 5. The Balaban J connectivity index is 1.95. The van der Waals surface area contributed by atoms with E-state index in [0.717, 1.165) is 23.1 Å². The Morgan fingerprint density at radius 2 is 2.32 bits per heavy atom. The minimum Gasteiger partial charge on any atom is -0.368 e. The molecule has 1 saturated heterocycles. The average molecular weight is 336 g/mol. The van der Waals surface area contributed by atoms with Crippen LogP contribution in [0.5, 0.6) is 0 Å². The molecule has 1 aliphatic rings. The average Bonchev–Trinajstić information content (AvgIpc) is 3.09. The second kappa shape index (κ2) is 6.82. The fraction of sp³-hybridized carbons (Fsp3) is 0.444. The molecular formula is C18H20N6O. The number of carbonyl (C=O) groups excluding carboxylic acids is 1. The minimum absolute atomic E-state index is 0.0731. The zero-order chi connectivity index (χ0) is 18.0. The molecule has 25 heavy (non-hydrogen) atoms. The summed E-state index contributed by atoms with van der Waals surface area (Å²) in [6.07, 6.45) is 4.17. The van der Waals surface area contributed by atoms with Crippen molar-refractivity contribution in [1.82, 2.24) is 14.9 Å². The molecule has 1 amide bonds. The first-order chi connectivity index (χ1) is 12.1. The van der Waals surface area contributed by atoms with Gasteiger partial charge in [0.15, 0.2) is 0 Å². The van der Waals surface area contributed by atoms with Crippen molar-refractivity contribution in [3.05, 3.63) is 24.0 Å². The number of amides is 1. The Morgan fingerprint density at radius 1 is 1.52 bits per heavy atom. The third-order valence-corrected chi connectivity index (χ3v) is 5.03. The Kier molecular flexibility index (Phi) is 4.58. The predicted molar refractivity (Wildman–Crippen MR) is 93.6 cm³/mol. The topological polar surface area (TPSA) is 99.8 Å². The number of aromatic amines is 1. The van der Waals surface area contributed by atoms with Gasteiger partial charge in [-0.2, -0.15) is 10.5 Å². The molecule has 3 heterocycles. The van der Waals surface area contributed by atoms with Gasteiger partial charge in [-0.1, -0.05) is 6.92 Å². The van der Waals surface area contributed by atoms with Crippen molar-refractivity contribution < 1.29 is 4.79 Å². The van der Waals surface area contributed by atoms with Crippen LogP contribution in [0.2, 0.25) is 0 Å². The quantitative estimate of drug-likeness (QED) is 0.924. The molecule has 1 fully saturated rings. The van der Waals surface area contributed by atoms with Crippen LogP contribution in [0.15, 0.2) is 18.5 Å². The Hall–Kier alpha value is -3.06.